The number of aryl methyl sites for hydroxylation is 1. The average molecular weight is 504 g/mol. The third-order valence-corrected chi connectivity index (χ3v) is 6.75. The highest BCUT2D eigenvalue weighted by Crippen LogP contribution is 2.27. The number of nitrogens with one attached hydrogen (secondary N) is 2. The molecule has 0 radical (unpaired) electrons. The zero-order valence-corrected chi connectivity index (χ0v) is 21.5. The van der Waals surface area contributed by atoms with Gasteiger partial charge in [-0.3, -0.25) is 14.5 Å². The summed E-state index contributed by atoms with van der Waals surface area (Å²) >= 11 is 5.80. The molecular formula is C27H35ClFN3O3. The van der Waals surface area contributed by atoms with Crippen molar-refractivity contribution in [3.8, 4) is 0 Å². The highest BCUT2D eigenvalue weighted by molar-refractivity contribution is 6.31. The number of carbonyl (C=O) groups is 2. The van der Waals surface area contributed by atoms with Gasteiger partial charge >= 0.3 is 0 Å². The first-order chi connectivity index (χ1) is 16.8. The molecule has 1 unspecified atom stereocenters. The number of amides is 2. The molecule has 190 valence electrons. The molecule has 1 fully saturated rings. The van der Waals surface area contributed by atoms with Gasteiger partial charge < -0.3 is 15.4 Å². The second-order valence-electron chi connectivity index (χ2n) is 9.03. The number of carbonyl (C=O) groups excluding carboxylic acids is 2. The summed E-state index contributed by atoms with van der Waals surface area (Å²) in [5, 5.41) is 5.89. The predicted molar refractivity (Wildman–Crippen MR) is 137 cm³/mol. The van der Waals surface area contributed by atoms with Gasteiger partial charge in [0.2, 0.25) is 0 Å². The predicted octanol–water partition coefficient (Wildman–Crippen LogP) is 4.90. The van der Waals surface area contributed by atoms with Crippen molar-refractivity contribution in [1.82, 2.24) is 15.5 Å². The SMILES string of the molecule is CCCOCCNC(=O)c1ccc(C(C)N2CCC(NC(=O)c3ccc(F)c(Cl)c3)CC2)c(C)c1. The Labute approximate surface area is 212 Å². The van der Waals surface area contributed by atoms with Gasteiger partial charge in [0.05, 0.1) is 11.6 Å². The minimum atomic E-state index is -0.536. The van der Waals surface area contributed by atoms with Crippen LogP contribution in [0.5, 0.6) is 0 Å². The second kappa shape index (κ2) is 13.0. The van der Waals surface area contributed by atoms with Crippen LogP contribution < -0.4 is 10.6 Å². The fourth-order valence-electron chi connectivity index (χ4n) is 4.40. The van der Waals surface area contributed by atoms with E-state index >= 15 is 0 Å². The lowest BCUT2D eigenvalue weighted by molar-refractivity contribution is 0.0892. The molecule has 2 aromatic rings. The summed E-state index contributed by atoms with van der Waals surface area (Å²) in [7, 11) is 0. The summed E-state index contributed by atoms with van der Waals surface area (Å²) in [4.78, 5) is 27.3. The quantitative estimate of drug-likeness (QED) is 0.452. The van der Waals surface area contributed by atoms with E-state index < -0.39 is 5.82 Å². The molecule has 0 bridgehead atoms. The Morgan fingerprint density at radius 1 is 1.11 bits per heavy atom. The first kappa shape index (κ1) is 27.1. The normalized spacial score (nSPS) is 15.6. The fraction of sp³-hybridized carbons (Fsp3) is 0.481. The van der Waals surface area contributed by atoms with E-state index in [9.17, 15) is 14.0 Å². The topological polar surface area (TPSA) is 70.7 Å². The maximum Gasteiger partial charge on any atom is 0.251 e. The standard InChI is InChI=1S/C27H35ClFN3O3/c1-4-14-35-15-11-30-26(33)20-5-7-23(18(2)16-20)19(3)32-12-9-22(10-13-32)31-27(34)21-6-8-25(29)24(28)17-21/h5-8,16-17,19,22H,4,9-15H2,1-3H3,(H,30,33)(H,31,34). The Kier molecular flexibility index (Phi) is 10.1. The Morgan fingerprint density at radius 2 is 1.80 bits per heavy atom. The number of benzene rings is 2. The largest absolute Gasteiger partial charge is 0.380 e. The van der Waals surface area contributed by atoms with Crippen LogP contribution in [0.1, 0.15) is 71.0 Å². The lowest BCUT2D eigenvalue weighted by Gasteiger charge is -2.37. The molecule has 8 heteroatoms. The van der Waals surface area contributed by atoms with Crippen LogP contribution in [0.15, 0.2) is 36.4 Å². The number of nitrogens with zero attached hydrogens (tertiary/aromatic N) is 1. The van der Waals surface area contributed by atoms with Crippen molar-refractivity contribution in [2.24, 2.45) is 0 Å². The highest BCUT2D eigenvalue weighted by atomic mass is 35.5. The smallest absolute Gasteiger partial charge is 0.251 e. The molecule has 1 aliphatic rings. The molecule has 0 saturated carbocycles. The molecule has 1 atom stereocenters. The number of rotatable bonds is 10. The summed E-state index contributed by atoms with van der Waals surface area (Å²) in [6.45, 7) is 9.66. The number of piperidine rings is 1. The molecule has 2 aromatic carbocycles. The lowest BCUT2D eigenvalue weighted by atomic mass is 9.95. The van der Waals surface area contributed by atoms with E-state index in [0.29, 0.717) is 30.9 Å². The number of hydrogen-bond acceptors (Lipinski definition) is 4. The molecule has 1 aliphatic heterocycles. The van der Waals surface area contributed by atoms with Crippen molar-refractivity contribution in [2.75, 3.05) is 32.8 Å². The molecule has 1 heterocycles. The van der Waals surface area contributed by atoms with Crippen molar-refractivity contribution in [2.45, 2.75) is 52.1 Å². The van der Waals surface area contributed by atoms with E-state index in [0.717, 1.165) is 37.9 Å². The maximum atomic E-state index is 13.4. The van der Waals surface area contributed by atoms with Gasteiger partial charge in [-0.15, -0.1) is 0 Å². The second-order valence-corrected chi connectivity index (χ2v) is 9.44. The van der Waals surface area contributed by atoms with E-state index in [2.05, 4.69) is 29.4 Å². The van der Waals surface area contributed by atoms with Crippen molar-refractivity contribution in [3.63, 3.8) is 0 Å². The maximum absolute atomic E-state index is 13.4. The molecule has 35 heavy (non-hydrogen) atoms. The molecule has 0 aromatic heterocycles. The van der Waals surface area contributed by atoms with E-state index in [1.807, 2.05) is 25.1 Å². The number of halogens is 2. The summed E-state index contributed by atoms with van der Waals surface area (Å²) in [6, 6.07) is 10.1. The van der Waals surface area contributed by atoms with Crippen LogP contribution in [0.3, 0.4) is 0 Å². The molecule has 2 N–H and O–H groups in total. The van der Waals surface area contributed by atoms with Crippen LogP contribution in [0.25, 0.3) is 0 Å². The third kappa shape index (κ3) is 7.50. The zero-order valence-electron chi connectivity index (χ0n) is 20.7. The fourth-order valence-corrected chi connectivity index (χ4v) is 4.59. The molecule has 2 amide bonds. The molecule has 3 rings (SSSR count). The monoisotopic (exact) mass is 503 g/mol. The number of hydrogen-bond donors (Lipinski definition) is 2. The summed E-state index contributed by atoms with van der Waals surface area (Å²) in [5.74, 6) is -0.863. The Balaban J connectivity index is 1.50. The van der Waals surface area contributed by atoms with E-state index in [4.69, 9.17) is 16.3 Å². The Bertz CT molecular complexity index is 1020. The van der Waals surface area contributed by atoms with Crippen LogP contribution >= 0.6 is 11.6 Å². The van der Waals surface area contributed by atoms with Crippen LogP contribution in [0.2, 0.25) is 5.02 Å². The third-order valence-electron chi connectivity index (χ3n) is 6.46. The highest BCUT2D eigenvalue weighted by Gasteiger charge is 2.26. The minimum absolute atomic E-state index is 0.0545. The first-order valence-corrected chi connectivity index (χ1v) is 12.6. The van der Waals surface area contributed by atoms with Gasteiger partial charge in [-0.2, -0.15) is 0 Å². The average Bonchev–Trinajstić information content (AvgIpc) is 2.85. The van der Waals surface area contributed by atoms with Crippen molar-refractivity contribution >= 4 is 23.4 Å². The number of likely N-dealkylation sites (tertiary alicyclic amines) is 1. The van der Waals surface area contributed by atoms with Gasteiger partial charge in [0.1, 0.15) is 5.82 Å². The summed E-state index contributed by atoms with van der Waals surface area (Å²) < 4.78 is 18.8. The Morgan fingerprint density at radius 3 is 2.46 bits per heavy atom. The van der Waals surface area contributed by atoms with Crippen LogP contribution in [0.4, 0.5) is 4.39 Å². The summed E-state index contributed by atoms with van der Waals surface area (Å²) in [6.07, 6.45) is 2.61. The molecular weight excluding hydrogens is 469 g/mol. The van der Waals surface area contributed by atoms with Gasteiger partial charge in [0.15, 0.2) is 0 Å². The minimum Gasteiger partial charge on any atom is -0.380 e. The van der Waals surface area contributed by atoms with Crippen LogP contribution in [-0.2, 0) is 4.74 Å². The van der Waals surface area contributed by atoms with Gasteiger partial charge in [0, 0.05) is 49.5 Å². The molecule has 1 saturated heterocycles. The van der Waals surface area contributed by atoms with Crippen LogP contribution in [-0.4, -0.2) is 55.6 Å². The zero-order chi connectivity index (χ0) is 25.4. The van der Waals surface area contributed by atoms with E-state index in [1.54, 1.807) is 0 Å². The Hall–Kier alpha value is -2.48. The molecule has 0 spiro atoms. The van der Waals surface area contributed by atoms with E-state index in [-0.39, 0.29) is 28.9 Å². The first-order valence-electron chi connectivity index (χ1n) is 12.3. The van der Waals surface area contributed by atoms with Gasteiger partial charge in [-0.05, 0) is 74.6 Å². The molecule has 6 nitrogen and oxygen atoms in total. The summed E-state index contributed by atoms with van der Waals surface area (Å²) in [5.41, 5.74) is 3.28. The van der Waals surface area contributed by atoms with Crippen molar-refractivity contribution in [3.05, 3.63) is 69.5 Å². The lowest BCUT2D eigenvalue weighted by Crippen LogP contribution is -2.45. The van der Waals surface area contributed by atoms with Gasteiger partial charge in [0.25, 0.3) is 11.8 Å². The van der Waals surface area contributed by atoms with E-state index in [1.165, 1.54) is 23.8 Å². The van der Waals surface area contributed by atoms with Gasteiger partial charge in [-0.25, -0.2) is 4.39 Å². The number of ether oxygens (including phenoxy) is 1. The van der Waals surface area contributed by atoms with Crippen molar-refractivity contribution < 1.29 is 18.7 Å². The van der Waals surface area contributed by atoms with Crippen LogP contribution in [0, 0.1) is 12.7 Å². The van der Waals surface area contributed by atoms with Gasteiger partial charge in [-0.1, -0.05) is 24.6 Å². The molecule has 0 aliphatic carbocycles. The van der Waals surface area contributed by atoms with Crippen molar-refractivity contribution in [1.29, 1.82) is 0 Å².